The molecule has 8 nitrogen and oxygen atoms in total. The molecule has 1 amide bonds. The van der Waals surface area contributed by atoms with Crippen LogP contribution in [0.3, 0.4) is 0 Å². The van der Waals surface area contributed by atoms with Crippen LogP contribution in [0.4, 0.5) is 15.9 Å². The zero-order valence-electron chi connectivity index (χ0n) is 19.4. The summed E-state index contributed by atoms with van der Waals surface area (Å²) in [5.41, 5.74) is 3.15. The number of hydrogen-bond donors (Lipinski definition) is 1. The van der Waals surface area contributed by atoms with E-state index in [4.69, 9.17) is 9.97 Å². The van der Waals surface area contributed by atoms with E-state index in [-0.39, 0.29) is 17.9 Å². The van der Waals surface area contributed by atoms with Gasteiger partial charge in [0.15, 0.2) is 0 Å². The first kappa shape index (κ1) is 21.9. The molecule has 0 aliphatic carbocycles. The molecule has 5 heterocycles. The van der Waals surface area contributed by atoms with Crippen LogP contribution < -0.4 is 5.32 Å². The van der Waals surface area contributed by atoms with Crippen molar-refractivity contribution in [3.63, 3.8) is 0 Å². The second-order valence-corrected chi connectivity index (χ2v) is 8.83. The predicted molar refractivity (Wildman–Crippen MR) is 128 cm³/mol. The predicted octanol–water partition coefficient (Wildman–Crippen LogP) is 4.42. The molecular formula is C25H26FN7O. The number of anilines is 2. The summed E-state index contributed by atoms with van der Waals surface area (Å²) in [6, 6.07) is 7.08. The van der Waals surface area contributed by atoms with E-state index >= 15 is 0 Å². The van der Waals surface area contributed by atoms with Crippen LogP contribution in [0, 0.1) is 5.95 Å². The molecule has 0 bridgehead atoms. The molecule has 34 heavy (non-hydrogen) atoms. The van der Waals surface area contributed by atoms with E-state index in [9.17, 15) is 9.18 Å². The molecule has 9 heteroatoms. The minimum absolute atomic E-state index is 0.00212. The average Bonchev–Trinajstić information content (AvgIpc) is 3.20. The van der Waals surface area contributed by atoms with Crippen LogP contribution in [-0.2, 0) is 11.8 Å². The Hall–Kier alpha value is -3.88. The lowest BCUT2D eigenvalue weighted by Crippen LogP contribution is -2.44. The van der Waals surface area contributed by atoms with Gasteiger partial charge in [-0.2, -0.15) is 4.39 Å². The smallest absolute Gasteiger partial charge is 0.219 e. The van der Waals surface area contributed by atoms with Crippen molar-refractivity contribution in [3.8, 4) is 11.3 Å². The van der Waals surface area contributed by atoms with Crippen molar-refractivity contribution in [2.75, 3.05) is 11.9 Å². The zero-order chi connectivity index (χ0) is 23.8. The number of carbonyl (C=O) groups excluding carboxylic acids is 1. The summed E-state index contributed by atoms with van der Waals surface area (Å²) >= 11 is 0. The highest BCUT2D eigenvalue weighted by Gasteiger charge is 2.30. The van der Waals surface area contributed by atoms with Crippen LogP contribution >= 0.6 is 0 Å². The maximum Gasteiger partial charge on any atom is 0.219 e. The van der Waals surface area contributed by atoms with Crippen LogP contribution in [-0.4, -0.2) is 47.9 Å². The molecule has 0 saturated carbocycles. The highest BCUT2D eigenvalue weighted by Crippen LogP contribution is 2.33. The van der Waals surface area contributed by atoms with Crippen LogP contribution in [0.2, 0.25) is 0 Å². The van der Waals surface area contributed by atoms with Gasteiger partial charge < -0.3 is 14.8 Å². The van der Waals surface area contributed by atoms with Gasteiger partial charge in [0, 0.05) is 79.8 Å². The van der Waals surface area contributed by atoms with Crippen molar-refractivity contribution >= 4 is 28.3 Å². The van der Waals surface area contributed by atoms with Crippen molar-refractivity contribution in [3.05, 3.63) is 60.8 Å². The van der Waals surface area contributed by atoms with E-state index < -0.39 is 5.95 Å². The molecule has 4 aromatic heterocycles. The van der Waals surface area contributed by atoms with E-state index in [0.717, 1.165) is 35.0 Å². The van der Waals surface area contributed by atoms with E-state index in [2.05, 4.69) is 22.2 Å². The van der Waals surface area contributed by atoms with Crippen molar-refractivity contribution in [2.45, 2.75) is 38.6 Å². The average molecular weight is 460 g/mol. The van der Waals surface area contributed by atoms with E-state index in [1.807, 2.05) is 41.0 Å². The maximum atomic E-state index is 13.7. The lowest BCUT2D eigenvalue weighted by Gasteiger charge is -2.37. The number of hydrogen-bond acceptors (Lipinski definition) is 6. The molecule has 1 aliphatic rings. The quantitative estimate of drug-likeness (QED) is 0.455. The standard InChI is InChI=1S/C25H26FN7O/c1-15-4-5-17(14-33(15)16(2)34)25-30-21(20-12-27-13-22-19(20)7-9-32(22)3)11-24(31-25)29-18-6-8-28-23(26)10-18/h6-13,15,17H,4-5,14H2,1-3H3,(H,28,29,30,31)/t15-,17+/m0/s1. The molecule has 0 aromatic carbocycles. The summed E-state index contributed by atoms with van der Waals surface area (Å²) < 4.78 is 15.7. The Bertz CT molecular complexity index is 1370. The van der Waals surface area contributed by atoms with Crippen LogP contribution in [0.5, 0.6) is 0 Å². The highest BCUT2D eigenvalue weighted by molar-refractivity contribution is 5.94. The van der Waals surface area contributed by atoms with Gasteiger partial charge in [-0.05, 0) is 31.9 Å². The second kappa shape index (κ2) is 8.81. The number of nitrogens with zero attached hydrogens (tertiary/aromatic N) is 6. The van der Waals surface area contributed by atoms with Crippen LogP contribution in [0.15, 0.2) is 49.1 Å². The lowest BCUT2D eigenvalue weighted by molar-refractivity contribution is -0.132. The van der Waals surface area contributed by atoms with Gasteiger partial charge in [-0.3, -0.25) is 9.78 Å². The first-order valence-electron chi connectivity index (χ1n) is 11.3. The first-order chi connectivity index (χ1) is 16.4. The van der Waals surface area contributed by atoms with Crippen LogP contribution in [0.25, 0.3) is 22.2 Å². The van der Waals surface area contributed by atoms with Crippen molar-refractivity contribution in [2.24, 2.45) is 7.05 Å². The SMILES string of the molecule is CC(=O)N1C[C@H](c2nc(Nc3ccnc(F)c3)cc(-c3cncc4c3ccn4C)n2)CC[C@@H]1C. The first-order valence-corrected chi connectivity index (χ1v) is 11.3. The third kappa shape index (κ3) is 4.21. The fourth-order valence-electron chi connectivity index (χ4n) is 4.62. The number of nitrogens with one attached hydrogen (secondary N) is 1. The lowest BCUT2D eigenvalue weighted by atomic mass is 9.92. The summed E-state index contributed by atoms with van der Waals surface area (Å²) in [6.45, 7) is 4.24. The minimum atomic E-state index is -0.573. The molecular weight excluding hydrogens is 433 g/mol. The number of amides is 1. The molecule has 0 radical (unpaired) electrons. The number of piperidine rings is 1. The molecule has 0 spiro atoms. The summed E-state index contributed by atoms with van der Waals surface area (Å²) in [5.74, 6) is 0.679. The Morgan fingerprint density at radius 2 is 2.03 bits per heavy atom. The van der Waals surface area contributed by atoms with E-state index in [1.54, 1.807) is 19.2 Å². The normalized spacial score (nSPS) is 18.3. The summed E-state index contributed by atoms with van der Waals surface area (Å²) in [7, 11) is 1.98. The van der Waals surface area contributed by atoms with Gasteiger partial charge in [-0.1, -0.05) is 0 Å². The van der Waals surface area contributed by atoms with Crippen molar-refractivity contribution < 1.29 is 9.18 Å². The Kier molecular flexibility index (Phi) is 5.69. The van der Waals surface area contributed by atoms with Gasteiger partial charge in [-0.15, -0.1) is 0 Å². The molecule has 1 aliphatic heterocycles. The Labute approximate surface area is 196 Å². The van der Waals surface area contributed by atoms with E-state index in [0.29, 0.717) is 23.9 Å². The fourth-order valence-corrected chi connectivity index (χ4v) is 4.62. The minimum Gasteiger partial charge on any atom is -0.349 e. The molecule has 2 atom stereocenters. The summed E-state index contributed by atoms with van der Waals surface area (Å²) in [6.07, 6.45) is 8.78. The number of carbonyl (C=O) groups is 1. The van der Waals surface area contributed by atoms with Gasteiger partial charge in [0.25, 0.3) is 0 Å². The molecule has 0 unspecified atom stereocenters. The number of halogens is 1. The van der Waals surface area contributed by atoms with Gasteiger partial charge in [0.2, 0.25) is 11.9 Å². The fraction of sp³-hybridized carbons (Fsp3) is 0.320. The molecule has 4 aromatic rings. The Morgan fingerprint density at radius 1 is 1.18 bits per heavy atom. The number of aryl methyl sites for hydroxylation is 1. The number of aromatic nitrogens is 5. The van der Waals surface area contributed by atoms with E-state index in [1.165, 1.54) is 12.3 Å². The zero-order valence-corrected chi connectivity index (χ0v) is 19.4. The van der Waals surface area contributed by atoms with Crippen molar-refractivity contribution in [1.82, 2.24) is 29.4 Å². The second-order valence-electron chi connectivity index (χ2n) is 8.83. The van der Waals surface area contributed by atoms with Gasteiger partial charge >= 0.3 is 0 Å². The highest BCUT2D eigenvalue weighted by atomic mass is 19.1. The Morgan fingerprint density at radius 3 is 2.82 bits per heavy atom. The largest absolute Gasteiger partial charge is 0.349 e. The number of rotatable bonds is 4. The molecule has 174 valence electrons. The molecule has 1 N–H and O–H groups in total. The van der Waals surface area contributed by atoms with Crippen LogP contribution in [0.1, 0.15) is 38.4 Å². The molecule has 1 fully saturated rings. The molecule has 1 saturated heterocycles. The molecule has 5 rings (SSSR count). The van der Waals surface area contributed by atoms with Gasteiger partial charge in [0.1, 0.15) is 11.6 Å². The summed E-state index contributed by atoms with van der Waals surface area (Å²) in [5, 5.41) is 4.23. The topological polar surface area (TPSA) is 88.8 Å². The number of likely N-dealkylation sites (tertiary alicyclic amines) is 1. The monoisotopic (exact) mass is 459 g/mol. The maximum absolute atomic E-state index is 13.7. The number of pyridine rings is 2. The number of fused-ring (bicyclic) bond motifs is 1. The van der Waals surface area contributed by atoms with Gasteiger partial charge in [-0.25, -0.2) is 15.0 Å². The summed E-state index contributed by atoms with van der Waals surface area (Å²) in [4.78, 5) is 31.8. The third-order valence-electron chi connectivity index (χ3n) is 6.48. The van der Waals surface area contributed by atoms with Gasteiger partial charge in [0.05, 0.1) is 17.4 Å². The van der Waals surface area contributed by atoms with Crippen molar-refractivity contribution in [1.29, 1.82) is 0 Å². The third-order valence-corrected chi connectivity index (χ3v) is 6.48. The Balaban J connectivity index is 1.60.